The zero-order chi connectivity index (χ0) is 17.0. The van der Waals surface area contributed by atoms with Crippen molar-refractivity contribution < 1.29 is 4.74 Å². The third-order valence-electron chi connectivity index (χ3n) is 6.83. The number of hydrogen-bond acceptors (Lipinski definition) is 1. The number of unbranched alkanes of at least 4 members (excludes halogenated alkanes) is 2. The van der Waals surface area contributed by atoms with Gasteiger partial charge in [0.05, 0.1) is 0 Å². The largest absolute Gasteiger partial charge is 0.381 e. The van der Waals surface area contributed by atoms with Gasteiger partial charge in [0.1, 0.15) is 0 Å². The van der Waals surface area contributed by atoms with Crippen molar-refractivity contribution in [3.8, 4) is 0 Å². The average molecular weight is 337 g/mol. The van der Waals surface area contributed by atoms with Crippen LogP contribution in [-0.4, -0.2) is 13.2 Å². The Kier molecular flexibility index (Phi) is 10.4. The van der Waals surface area contributed by atoms with E-state index in [0.29, 0.717) is 0 Å². The first-order valence-corrected chi connectivity index (χ1v) is 11.4. The molecule has 0 unspecified atom stereocenters. The molecule has 0 heterocycles. The Balaban J connectivity index is 1.49. The van der Waals surface area contributed by atoms with Crippen molar-refractivity contribution in [2.75, 3.05) is 13.2 Å². The van der Waals surface area contributed by atoms with Gasteiger partial charge in [-0.25, -0.2) is 0 Å². The highest BCUT2D eigenvalue weighted by Crippen LogP contribution is 2.37. The summed E-state index contributed by atoms with van der Waals surface area (Å²) in [7, 11) is 0. The first-order valence-electron chi connectivity index (χ1n) is 11.4. The van der Waals surface area contributed by atoms with E-state index in [1.807, 2.05) is 0 Å². The van der Waals surface area contributed by atoms with Crippen LogP contribution in [0.25, 0.3) is 0 Å². The van der Waals surface area contributed by atoms with Crippen LogP contribution in [0.1, 0.15) is 110 Å². The van der Waals surface area contributed by atoms with Gasteiger partial charge in [0.2, 0.25) is 0 Å². The molecule has 2 fully saturated rings. The molecule has 0 saturated heterocycles. The van der Waals surface area contributed by atoms with Crippen LogP contribution in [0.4, 0.5) is 0 Å². The highest BCUT2D eigenvalue weighted by atomic mass is 16.5. The van der Waals surface area contributed by atoms with Gasteiger partial charge in [-0.05, 0) is 42.9 Å². The second kappa shape index (κ2) is 12.3. The standard InChI is InChI=1S/C23H44O/c1-3-5-6-7-20-8-10-21(11-9-20)12-13-22-14-16-23(17-15-22)19-24-18-4-2/h20-23H,3-19H2,1-2H3/t20-,21-,22-,23-. The molecule has 1 nitrogen and oxygen atoms in total. The molecule has 2 rings (SSSR count). The van der Waals surface area contributed by atoms with Gasteiger partial charge in [0.25, 0.3) is 0 Å². The van der Waals surface area contributed by atoms with E-state index in [1.165, 1.54) is 89.9 Å². The SMILES string of the molecule is CCCCC[C@H]1CC[C@H](CC[C@H]2CC[C@H](COCCC)CC2)CC1. The van der Waals surface area contributed by atoms with Crippen LogP contribution in [0.15, 0.2) is 0 Å². The molecule has 0 aromatic carbocycles. The Hall–Kier alpha value is -0.0400. The van der Waals surface area contributed by atoms with E-state index in [0.717, 1.165) is 43.3 Å². The minimum Gasteiger partial charge on any atom is -0.381 e. The van der Waals surface area contributed by atoms with Gasteiger partial charge in [0.15, 0.2) is 0 Å². The number of hydrogen-bond donors (Lipinski definition) is 0. The van der Waals surface area contributed by atoms with E-state index < -0.39 is 0 Å². The third kappa shape index (κ3) is 7.89. The van der Waals surface area contributed by atoms with Crippen LogP contribution in [0.5, 0.6) is 0 Å². The lowest BCUT2D eigenvalue weighted by molar-refractivity contribution is 0.0763. The van der Waals surface area contributed by atoms with Crippen LogP contribution in [0, 0.1) is 23.7 Å². The zero-order valence-corrected chi connectivity index (χ0v) is 16.7. The fraction of sp³-hybridized carbons (Fsp3) is 1.00. The van der Waals surface area contributed by atoms with Gasteiger partial charge >= 0.3 is 0 Å². The Labute approximate surface area is 152 Å². The fourth-order valence-corrected chi connectivity index (χ4v) is 5.04. The predicted octanol–water partition coefficient (Wildman–Crippen LogP) is 7.39. The van der Waals surface area contributed by atoms with Gasteiger partial charge in [-0.1, -0.05) is 90.9 Å². The zero-order valence-electron chi connectivity index (χ0n) is 16.7. The topological polar surface area (TPSA) is 9.23 Å². The lowest BCUT2D eigenvalue weighted by atomic mass is 9.75. The molecule has 24 heavy (non-hydrogen) atoms. The maximum Gasteiger partial charge on any atom is 0.0494 e. The fourth-order valence-electron chi connectivity index (χ4n) is 5.04. The summed E-state index contributed by atoms with van der Waals surface area (Å²) < 4.78 is 5.76. The lowest BCUT2D eigenvalue weighted by Gasteiger charge is -2.32. The summed E-state index contributed by atoms with van der Waals surface area (Å²) in [5.74, 6) is 4.05. The number of rotatable bonds is 11. The van der Waals surface area contributed by atoms with Crippen molar-refractivity contribution >= 4 is 0 Å². The summed E-state index contributed by atoms with van der Waals surface area (Å²) >= 11 is 0. The highest BCUT2D eigenvalue weighted by Gasteiger charge is 2.24. The molecule has 0 N–H and O–H groups in total. The van der Waals surface area contributed by atoms with Crippen LogP contribution >= 0.6 is 0 Å². The Morgan fingerprint density at radius 2 is 1.08 bits per heavy atom. The molecule has 0 radical (unpaired) electrons. The van der Waals surface area contributed by atoms with Crippen molar-refractivity contribution in [3.05, 3.63) is 0 Å². The molecule has 142 valence electrons. The van der Waals surface area contributed by atoms with Crippen molar-refractivity contribution in [1.29, 1.82) is 0 Å². The molecular formula is C23H44O. The molecule has 0 spiro atoms. The molecule has 2 saturated carbocycles. The lowest BCUT2D eigenvalue weighted by Crippen LogP contribution is -2.20. The van der Waals surface area contributed by atoms with Gasteiger partial charge in [-0.3, -0.25) is 0 Å². The van der Waals surface area contributed by atoms with Crippen molar-refractivity contribution in [2.45, 2.75) is 110 Å². The second-order valence-electron chi connectivity index (χ2n) is 8.92. The molecule has 1 heteroatoms. The number of ether oxygens (including phenoxy) is 1. The van der Waals surface area contributed by atoms with Crippen molar-refractivity contribution in [3.63, 3.8) is 0 Å². The van der Waals surface area contributed by atoms with Crippen LogP contribution in [0.3, 0.4) is 0 Å². The summed E-state index contributed by atoms with van der Waals surface area (Å²) in [4.78, 5) is 0. The molecular weight excluding hydrogens is 292 g/mol. The molecule has 0 aromatic heterocycles. The Bertz CT molecular complexity index is 254. The average Bonchev–Trinajstić information content (AvgIpc) is 2.63. The molecule has 0 atom stereocenters. The highest BCUT2D eigenvalue weighted by molar-refractivity contribution is 4.76. The van der Waals surface area contributed by atoms with E-state index in [4.69, 9.17) is 4.74 Å². The molecule has 0 amide bonds. The maximum atomic E-state index is 5.76. The van der Waals surface area contributed by atoms with Gasteiger partial charge in [-0.2, -0.15) is 0 Å². The molecule has 0 aromatic rings. The van der Waals surface area contributed by atoms with Gasteiger partial charge in [0, 0.05) is 13.2 Å². The summed E-state index contributed by atoms with van der Waals surface area (Å²) in [6.45, 7) is 6.52. The summed E-state index contributed by atoms with van der Waals surface area (Å²) in [5.41, 5.74) is 0. The molecule has 2 aliphatic rings. The molecule has 0 aliphatic heterocycles. The normalized spacial score (nSPS) is 31.2. The maximum absolute atomic E-state index is 5.76. The summed E-state index contributed by atoms with van der Waals surface area (Å²) in [6.07, 6.45) is 22.0. The van der Waals surface area contributed by atoms with Gasteiger partial charge in [-0.15, -0.1) is 0 Å². The Morgan fingerprint density at radius 3 is 1.58 bits per heavy atom. The van der Waals surface area contributed by atoms with Crippen LogP contribution < -0.4 is 0 Å². The third-order valence-corrected chi connectivity index (χ3v) is 6.83. The van der Waals surface area contributed by atoms with E-state index in [1.54, 1.807) is 0 Å². The van der Waals surface area contributed by atoms with Crippen LogP contribution in [0.2, 0.25) is 0 Å². The first kappa shape index (κ1) is 20.3. The minimum atomic E-state index is 0.867. The van der Waals surface area contributed by atoms with E-state index >= 15 is 0 Å². The molecule has 0 bridgehead atoms. The van der Waals surface area contributed by atoms with E-state index in [2.05, 4.69) is 13.8 Å². The minimum absolute atomic E-state index is 0.867. The van der Waals surface area contributed by atoms with E-state index in [9.17, 15) is 0 Å². The van der Waals surface area contributed by atoms with Crippen molar-refractivity contribution in [1.82, 2.24) is 0 Å². The van der Waals surface area contributed by atoms with E-state index in [-0.39, 0.29) is 0 Å². The quantitative estimate of drug-likeness (QED) is 0.357. The monoisotopic (exact) mass is 336 g/mol. The first-order chi connectivity index (χ1) is 11.8. The summed E-state index contributed by atoms with van der Waals surface area (Å²) in [5, 5.41) is 0. The molecule has 2 aliphatic carbocycles. The predicted molar refractivity (Wildman–Crippen MR) is 105 cm³/mol. The van der Waals surface area contributed by atoms with Crippen molar-refractivity contribution in [2.24, 2.45) is 23.7 Å². The second-order valence-corrected chi connectivity index (χ2v) is 8.92. The van der Waals surface area contributed by atoms with Crippen LogP contribution in [-0.2, 0) is 4.74 Å². The summed E-state index contributed by atoms with van der Waals surface area (Å²) in [6, 6.07) is 0. The Morgan fingerprint density at radius 1 is 0.583 bits per heavy atom. The van der Waals surface area contributed by atoms with Gasteiger partial charge < -0.3 is 4.74 Å². The smallest absolute Gasteiger partial charge is 0.0494 e.